The van der Waals surface area contributed by atoms with Crippen molar-refractivity contribution in [3.63, 3.8) is 0 Å². The molecule has 2 N–H and O–H groups in total. The molecule has 8 nitrogen and oxygen atoms in total. The fourth-order valence-corrected chi connectivity index (χ4v) is 5.47. The summed E-state index contributed by atoms with van der Waals surface area (Å²) in [6.07, 6.45) is 2.34. The molecule has 0 aliphatic heterocycles. The van der Waals surface area contributed by atoms with Crippen LogP contribution < -0.4 is 14.8 Å². The number of nitrogens with one attached hydrogen (secondary N) is 2. The van der Waals surface area contributed by atoms with Crippen LogP contribution in [-0.2, 0) is 39.1 Å². The van der Waals surface area contributed by atoms with E-state index in [2.05, 4.69) is 10.0 Å². The number of ether oxygens (including phenoxy) is 1. The molecule has 1 saturated carbocycles. The standard InChI is InChI=1S/C30H35N3O5S/c1-22(30(35)31-20-24-6-4-3-5-7-24)33(21-25-8-15-27(38-2)16-9-25)29(34)19-12-23-10-17-28(18-11-23)39(36,37)32-26-13-14-26/h3-11,15-18,22,26,32H,12-14,19-21H2,1-2H3,(H,31,35)/t22-/m1/s1. The lowest BCUT2D eigenvalue weighted by Gasteiger charge is -2.29. The summed E-state index contributed by atoms with van der Waals surface area (Å²) in [4.78, 5) is 28.3. The van der Waals surface area contributed by atoms with Gasteiger partial charge in [-0.25, -0.2) is 13.1 Å². The zero-order chi connectivity index (χ0) is 27.8. The summed E-state index contributed by atoms with van der Waals surface area (Å²) >= 11 is 0. The Morgan fingerprint density at radius 3 is 2.18 bits per heavy atom. The molecule has 0 saturated heterocycles. The summed E-state index contributed by atoms with van der Waals surface area (Å²) in [6.45, 7) is 2.38. The maximum absolute atomic E-state index is 13.4. The van der Waals surface area contributed by atoms with Gasteiger partial charge in [0.2, 0.25) is 21.8 Å². The maximum Gasteiger partial charge on any atom is 0.242 e. The highest BCUT2D eigenvalue weighted by Gasteiger charge is 2.28. The molecule has 1 fully saturated rings. The first-order chi connectivity index (χ1) is 18.7. The molecule has 4 rings (SSSR count). The van der Waals surface area contributed by atoms with Gasteiger partial charge < -0.3 is 15.0 Å². The van der Waals surface area contributed by atoms with Gasteiger partial charge in [-0.2, -0.15) is 0 Å². The fraction of sp³-hybridized carbons (Fsp3) is 0.333. The van der Waals surface area contributed by atoms with Crippen LogP contribution in [0.15, 0.2) is 83.8 Å². The van der Waals surface area contributed by atoms with E-state index in [1.54, 1.807) is 43.2 Å². The van der Waals surface area contributed by atoms with Gasteiger partial charge in [0.15, 0.2) is 0 Å². The van der Waals surface area contributed by atoms with Crippen molar-refractivity contribution in [3.8, 4) is 5.75 Å². The van der Waals surface area contributed by atoms with Crippen molar-refractivity contribution >= 4 is 21.8 Å². The Bertz CT molecular complexity index is 1360. The number of methoxy groups -OCH3 is 1. The van der Waals surface area contributed by atoms with Crippen LogP contribution in [0.1, 0.15) is 42.9 Å². The number of benzene rings is 3. The summed E-state index contributed by atoms with van der Waals surface area (Å²) in [5.41, 5.74) is 2.70. The van der Waals surface area contributed by atoms with Crippen LogP contribution in [0.2, 0.25) is 0 Å². The molecule has 0 heterocycles. The van der Waals surface area contributed by atoms with E-state index in [1.165, 1.54) is 0 Å². The minimum Gasteiger partial charge on any atom is -0.497 e. The van der Waals surface area contributed by atoms with Gasteiger partial charge in [-0.3, -0.25) is 9.59 Å². The van der Waals surface area contributed by atoms with E-state index in [0.29, 0.717) is 18.7 Å². The lowest BCUT2D eigenvalue weighted by Crippen LogP contribution is -2.47. The number of carbonyl (C=O) groups excluding carboxylic acids is 2. The second kappa shape index (κ2) is 12.9. The van der Waals surface area contributed by atoms with Crippen molar-refractivity contribution in [2.75, 3.05) is 7.11 Å². The number of carbonyl (C=O) groups is 2. The largest absolute Gasteiger partial charge is 0.497 e. The van der Waals surface area contributed by atoms with E-state index in [-0.39, 0.29) is 35.7 Å². The smallest absolute Gasteiger partial charge is 0.242 e. The van der Waals surface area contributed by atoms with Crippen LogP contribution in [0, 0.1) is 0 Å². The monoisotopic (exact) mass is 549 g/mol. The van der Waals surface area contributed by atoms with Gasteiger partial charge in [0.05, 0.1) is 12.0 Å². The van der Waals surface area contributed by atoms with Gasteiger partial charge in [0, 0.05) is 25.6 Å². The summed E-state index contributed by atoms with van der Waals surface area (Å²) < 4.78 is 32.8. The molecule has 1 atom stereocenters. The van der Waals surface area contributed by atoms with Gasteiger partial charge >= 0.3 is 0 Å². The van der Waals surface area contributed by atoms with Gasteiger partial charge in [-0.05, 0) is 67.1 Å². The van der Waals surface area contributed by atoms with E-state index in [4.69, 9.17) is 4.74 Å². The molecule has 1 aliphatic rings. The number of aryl methyl sites for hydroxylation is 1. The number of rotatable bonds is 13. The topological polar surface area (TPSA) is 105 Å². The fourth-order valence-electron chi connectivity index (χ4n) is 4.16. The molecule has 1 aliphatic carbocycles. The van der Waals surface area contributed by atoms with Gasteiger partial charge in [-0.15, -0.1) is 0 Å². The first-order valence-electron chi connectivity index (χ1n) is 13.1. The summed E-state index contributed by atoms with van der Waals surface area (Å²) in [5, 5.41) is 2.93. The quantitative estimate of drug-likeness (QED) is 0.338. The average Bonchev–Trinajstić information content (AvgIpc) is 3.77. The molecule has 0 aromatic heterocycles. The molecule has 0 radical (unpaired) electrons. The molecule has 3 aromatic carbocycles. The lowest BCUT2D eigenvalue weighted by atomic mass is 10.1. The van der Waals surface area contributed by atoms with Crippen molar-refractivity contribution in [3.05, 3.63) is 95.6 Å². The van der Waals surface area contributed by atoms with Crippen LogP contribution in [0.4, 0.5) is 0 Å². The van der Waals surface area contributed by atoms with Crippen LogP contribution >= 0.6 is 0 Å². The highest BCUT2D eigenvalue weighted by atomic mass is 32.2. The number of hydrogen-bond donors (Lipinski definition) is 2. The van der Waals surface area contributed by atoms with Crippen molar-refractivity contribution < 1.29 is 22.7 Å². The third-order valence-electron chi connectivity index (χ3n) is 6.75. The number of amides is 2. The summed E-state index contributed by atoms with van der Waals surface area (Å²) in [7, 11) is -1.93. The maximum atomic E-state index is 13.4. The molecule has 0 bridgehead atoms. The molecule has 39 heavy (non-hydrogen) atoms. The number of nitrogens with zero attached hydrogens (tertiary/aromatic N) is 1. The third-order valence-corrected chi connectivity index (χ3v) is 8.29. The second-order valence-corrected chi connectivity index (χ2v) is 11.5. The van der Waals surface area contributed by atoms with Gasteiger partial charge in [0.25, 0.3) is 0 Å². The van der Waals surface area contributed by atoms with E-state index >= 15 is 0 Å². The van der Waals surface area contributed by atoms with Crippen molar-refractivity contribution in [1.82, 2.24) is 14.9 Å². The lowest BCUT2D eigenvalue weighted by molar-refractivity contribution is -0.140. The average molecular weight is 550 g/mol. The molecule has 0 spiro atoms. The Balaban J connectivity index is 1.42. The number of sulfonamides is 1. The third kappa shape index (κ3) is 8.15. The normalized spacial score (nSPS) is 13.9. The molecular weight excluding hydrogens is 514 g/mol. The predicted octanol–water partition coefficient (Wildman–Crippen LogP) is 3.80. The highest BCUT2D eigenvalue weighted by molar-refractivity contribution is 7.89. The Hall–Kier alpha value is -3.69. The van der Waals surface area contributed by atoms with Crippen molar-refractivity contribution in [1.29, 1.82) is 0 Å². The summed E-state index contributed by atoms with van der Waals surface area (Å²) in [5.74, 6) is 0.307. The van der Waals surface area contributed by atoms with E-state index in [9.17, 15) is 18.0 Å². The Kier molecular flexibility index (Phi) is 9.37. The molecule has 0 unspecified atom stereocenters. The van der Waals surface area contributed by atoms with Gasteiger partial charge in [0.1, 0.15) is 11.8 Å². The first kappa shape index (κ1) is 28.3. The van der Waals surface area contributed by atoms with E-state index < -0.39 is 16.1 Å². The second-order valence-electron chi connectivity index (χ2n) is 9.79. The zero-order valence-corrected chi connectivity index (χ0v) is 23.1. The Morgan fingerprint density at radius 2 is 1.56 bits per heavy atom. The minimum atomic E-state index is -3.52. The molecular formula is C30H35N3O5S. The molecule has 3 aromatic rings. The molecule has 206 valence electrons. The van der Waals surface area contributed by atoms with Crippen LogP contribution in [-0.4, -0.2) is 44.3 Å². The Morgan fingerprint density at radius 1 is 0.923 bits per heavy atom. The van der Waals surface area contributed by atoms with Crippen LogP contribution in [0.25, 0.3) is 0 Å². The SMILES string of the molecule is COc1ccc(CN(C(=O)CCc2ccc(S(=O)(=O)NC3CC3)cc2)[C@H](C)C(=O)NCc2ccccc2)cc1. The van der Waals surface area contributed by atoms with Crippen LogP contribution in [0.5, 0.6) is 5.75 Å². The molecule has 2 amide bonds. The predicted molar refractivity (Wildman–Crippen MR) is 149 cm³/mol. The van der Waals surface area contributed by atoms with Gasteiger partial charge in [-0.1, -0.05) is 54.6 Å². The van der Waals surface area contributed by atoms with Crippen molar-refractivity contribution in [2.24, 2.45) is 0 Å². The van der Waals surface area contributed by atoms with E-state index in [0.717, 1.165) is 29.5 Å². The summed E-state index contributed by atoms with van der Waals surface area (Å²) in [6, 6.07) is 23.0. The van der Waals surface area contributed by atoms with Crippen molar-refractivity contribution in [2.45, 2.75) is 62.7 Å². The Labute approximate surface area is 230 Å². The highest BCUT2D eigenvalue weighted by Crippen LogP contribution is 2.23. The minimum absolute atomic E-state index is 0.0378. The zero-order valence-electron chi connectivity index (χ0n) is 22.3. The number of hydrogen-bond acceptors (Lipinski definition) is 5. The molecule has 9 heteroatoms. The van der Waals surface area contributed by atoms with Crippen LogP contribution in [0.3, 0.4) is 0 Å². The van der Waals surface area contributed by atoms with E-state index in [1.807, 2.05) is 54.6 Å². The first-order valence-corrected chi connectivity index (χ1v) is 14.6.